The van der Waals surface area contributed by atoms with E-state index < -0.39 is 12.6 Å². The molecule has 104 valence electrons. The van der Waals surface area contributed by atoms with Gasteiger partial charge in [-0.15, -0.1) is 0 Å². The highest BCUT2D eigenvalue weighted by molar-refractivity contribution is 5.78. The van der Waals surface area contributed by atoms with E-state index in [0.717, 1.165) is 12.8 Å². The normalized spacial score (nSPS) is 16.5. The highest BCUT2D eigenvalue weighted by atomic mass is 16.5. The van der Waals surface area contributed by atoms with Crippen molar-refractivity contribution in [2.24, 2.45) is 0 Å². The lowest BCUT2D eigenvalue weighted by Crippen LogP contribution is -2.41. The van der Waals surface area contributed by atoms with E-state index in [9.17, 15) is 9.59 Å². The van der Waals surface area contributed by atoms with E-state index >= 15 is 0 Å². The zero-order chi connectivity index (χ0) is 13.7. The van der Waals surface area contributed by atoms with Crippen LogP contribution in [0.4, 0.5) is 0 Å². The Balaban J connectivity index is 1.73. The Morgan fingerprint density at radius 3 is 2.63 bits per heavy atom. The SMILES string of the molecule is O=C(O)COCC(=O)N1CCC(n2cccn2)CC1. The van der Waals surface area contributed by atoms with E-state index in [4.69, 9.17) is 9.84 Å². The zero-order valence-electron chi connectivity index (χ0n) is 10.6. The number of carbonyl (C=O) groups is 2. The van der Waals surface area contributed by atoms with E-state index in [1.54, 1.807) is 11.1 Å². The minimum Gasteiger partial charge on any atom is -0.480 e. The third-order valence-electron chi connectivity index (χ3n) is 3.17. The van der Waals surface area contributed by atoms with Crippen molar-refractivity contribution in [1.29, 1.82) is 0 Å². The molecule has 0 aromatic carbocycles. The van der Waals surface area contributed by atoms with Crippen molar-refractivity contribution in [3.05, 3.63) is 18.5 Å². The Morgan fingerprint density at radius 1 is 1.32 bits per heavy atom. The first-order chi connectivity index (χ1) is 9.16. The molecular weight excluding hydrogens is 250 g/mol. The van der Waals surface area contributed by atoms with Gasteiger partial charge >= 0.3 is 5.97 Å². The van der Waals surface area contributed by atoms with Crippen molar-refractivity contribution in [3.8, 4) is 0 Å². The summed E-state index contributed by atoms with van der Waals surface area (Å²) >= 11 is 0. The Labute approximate surface area is 110 Å². The van der Waals surface area contributed by atoms with E-state index in [0.29, 0.717) is 19.1 Å². The minimum absolute atomic E-state index is 0.153. The number of carbonyl (C=O) groups excluding carboxylic acids is 1. The predicted molar refractivity (Wildman–Crippen MR) is 65.5 cm³/mol. The number of hydrogen-bond acceptors (Lipinski definition) is 4. The maximum atomic E-state index is 11.8. The minimum atomic E-state index is -1.06. The molecule has 0 unspecified atom stereocenters. The van der Waals surface area contributed by atoms with Gasteiger partial charge in [0.1, 0.15) is 13.2 Å². The first kappa shape index (κ1) is 13.5. The summed E-state index contributed by atoms with van der Waals surface area (Å²) in [6.45, 7) is 0.702. The average molecular weight is 267 g/mol. The van der Waals surface area contributed by atoms with E-state index in [2.05, 4.69) is 5.10 Å². The van der Waals surface area contributed by atoms with Crippen LogP contribution in [-0.4, -0.2) is 58.0 Å². The lowest BCUT2D eigenvalue weighted by atomic mass is 10.1. The van der Waals surface area contributed by atoms with Crippen LogP contribution in [0.15, 0.2) is 18.5 Å². The molecule has 1 aromatic rings. The van der Waals surface area contributed by atoms with Crippen LogP contribution in [0, 0.1) is 0 Å². The monoisotopic (exact) mass is 267 g/mol. The van der Waals surface area contributed by atoms with Crippen LogP contribution < -0.4 is 0 Å². The molecule has 2 rings (SSSR count). The molecule has 0 saturated carbocycles. The standard InChI is InChI=1S/C12H17N3O4/c16-11(8-19-9-12(17)18)14-6-2-10(3-7-14)15-5-1-4-13-15/h1,4-5,10H,2-3,6-9H2,(H,17,18). The van der Waals surface area contributed by atoms with Crippen molar-refractivity contribution in [2.75, 3.05) is 26.3 Å². The summed E-state index contributed by atoms with van der Waals surface area (Å²) in [5.41, 5.74) is 0. The number of piperidine rings is 1. The largest absolute Gasteiger partial charge is 0.480 e. The Morgan fingerprint density at radius 2 is 2.05 bits per heavy atom. The topological polar surface area (TPSA) is 84.7 Å². The molecule has 1 N–H and O–H groups in total. The lowest BCUT2D eigenvalue weighted by molar-refractivity contribution is -0.146. The van der Waals surface area contributed by atoms with Gasteiger partial charge in [-0.25, -0.2) is 4.79 Å². The third-order valence-corrected chi connectivity index (χ3v) is 3.17. The van der Waals surface area contributed by atoms with Gasteiger partial charge in [-0.3, -0.25) is 9.48 Å². The van der Waals surface area contributed by atoms with Gasteiger partial charge in [0.05, 0.1) is 6.04 Å². The van der Waals surface area contributed by atoms with Crippen LogP contribution >= 0.6 is 0 Å². The molecule has 2 heterocycles. The van der Waals surface area contributed by atoms with E-state index in [-0.39, 0.29) is 12.5 Å². The molecule has 0 bridgehead atoms. The lowest BCUT2D eigenvalue weighted by Gasteiger charge is -2.32. The number of hydrogen-bond donors (Lipinski definition) is 1. The second kappa shape index (κ2) is 6.33. The number of amides is 1. The fourth-order valence-electron chi connectivity index (χ4n) is 2.19. The molecule has 0 radical (unpaired) electrons. The summed E-state index contributed by atoms with van der Waals surface area (Å²) in [5, 5.41) is 12.6. The average Bonchev–Trinajstić information content (AvgIpc) is 2.92. The molecule has 0 atom stereocenters. The number of aliphatic carboxylic acids is 1. The zero-order valence-corrected chi connectivity index (χ0v) is 10.6. The number of carboxylic acid groups (broad SMARTS) is 1. The fourth-order valence-corrected chi connectivity index (χ4v) is 2.19. The highest BCUT2D eigenvalue weighted by Crippen LogP contribution is 2.21. The molecule has 7 heteroatoms. The molecule has 1 aromatic heterocycles. The van der Waals surface area contributed by atoms with E-state index in [1.807, 2.05) is 16.9 Å². The molecular formula is C12H17N3O4. The molecule has 1 fully saturated rings. The molecule has 0 aliphatic carbocycles. The van der Waals surface area contributed by atoms with Crippen molar-refractivity contribution in [1.82, 2.24) is 14.7 Å². The van der Waals surface area contributed by atoms with Gasteiger partial charge in [0, 0.05) is 25.5 Å². The summed E-state index contributed by atoms with van der Waals surface area (Å²) in [6.07, 6.45) is 5.38. The molecule has 0 spiro atoms. The molecule has 1 aliphatic rings. The predicted octanol–water partition coefficient (Wildman–Crippen LogP) is 0.148. The number of ether oxygens (including phenoxy) is 1. The summed E-state index contributed by atoms with van der Waals surface area (Å²) < 4.78 is 6.72. The molecule has 1 aliphatic heterocycles. The van der Waals surface area contributed by atoms with Crippen molar-refractivity contribution < 1.29 is 19.4 Å². The summed E-state index contributed by atoms with van der Waals surface area (Å²) in [7, 11) is 0. The van der Waals surface area contributed by atoms with Crippen LogP contribution in [0.5, 0.6) is 0 Å². The molecule has 1 saturated heterocycles. The summed E-state index contributed by atoms with van der Waals surface area (Å²) in [6, 6.07) is 2.22. The van der Waals surface area contributed by atoms with Crippen molar-refractivity contribution >= 4 is 11.9 Å². The molecule has 7 nitrogen and oxygen atoms in total. The molecule has 19 heavy (non-hydrogen) atoms. The Hall–Kier alpha value is -1.89. The van der Waals surface area contributed by atoms with Gasteiger partial charge in [-0.05, 0) is 18.9 Å². The van der Waals surface area contributed by atoms with Crippen LogP contribution in [0.25, 0.3) is 0 Å². The smallest absolute Gasteiger partial charge is 0.329 e. The third kappa shape index (κ3) is 3.78. The summed E-state index contributed by atoms with van der Waals surface area (Å²) in [5.74, 6) is -1.22. The molecule has 1 amide bonds. The van der Waals surface area contributed by atoms with Gasteiger partial charge in [0.2, 0.25) is 5.91 Å². The maximum absolute atomic E-state index is 11.8. The number of likely N-dealkylation sites (tertiary alicyclic amines) is 1. The second-order valence-electron chi connectivity index (χ2n) is 4.48. The van der Waals surface area contributed by atoms with Crippen LogP contribution in [0.1, 0.15) is 18.9 Å². The van der Waals surface area contributed by atoms with Gasteiger partial charge in [-0.2, -0.15) is 5.10 Å². The van der Waals surface area contributed by atoms with Crippen molar-refractivity contribution in [3.63, 3.8) is 0 Å². The Kier molecular flexibility index (Phi) is 4.51. The van der Waals surface area contributed by atoms with Crippen LogP contribution in [-0.2, 0) is 14.3 Å². The maximum Gasteiger partial charge on any atom is 0.329 e. The number of carboxylic acids is 1. The second-order valence-corrected chi connectivity index (χ2v) is 4.48. The van der Waals surface area contributed by atoms with Gasteiger partial charge in [0.25, 0.3) is 0 Å². The van der Waals surface area contributed by atoms with Gasteiger partial charge < -0.3 is 14.7 Å². The fraction of sp³-hybridized carbons (Fsp3) is 0.583. The van der Waals surface area contributed by atoms with Gasteiger partial charge in [0.15, 0.2) is 0 Å². The first-order valence-electron chi connectivity index (χ1n) is 6.23. The van der Waals surface area contributed by atoms with E-state index in [1.165, 1.54) is 0 Å². The Bertz CT molecular complexity index is 424. The quantitative estimate of drug-likeness (QED) is 0.820. The highest BCUT2D eigenvalue weighted by Gasteiger charge is 2.23. The first-order valence-corrected chi connectivity index (χ1v) is 6.23. The van der Waals surface area contributed by atoms with Crippen LogP contribution in [0.2, 0.25) is 0 Å². The van der Waals surface area contributed by atoms with Crippen molar-refractivity contribution in [2.45, 2.75) is 18.9 Å². The van der Waals surface area contributed by atoms with Crippen LogP contribution in [0.3, 0.4) is 0 Å². The number of aromatic nitrogens is 2. The number of rotatable bonds is 5. The number of nitrogens with zero attached hydrogens (tertiary/aromatic N) is 3. The summed E-state index contributed by atoms with van der Waals surface area (Å²) in [4.78, 5) is 23.7. The van der Waals surface area contributed by atoms with Gasteiger partial charge in [-0.1, -0.05) is 0 Å².